The van der Waals surface area contributed by atoms with Crippen LogP contribution in [0.1, 0.15) is 29.5 Å². The van der Waals surface area contributed by atoms with Gasteiger partial charge in [-0.2, -0.15) is 0 Å². The van der Waals surface area contributed by atoms with E-state index in [9.17, 15) is 8.42 Å². The van der Waals surface area contributed by atoms with Crippen LogP contribution in [0.15, 0.2) is 41.6 Å². The number of benzene rings is 1. The molecule has 21 heavy (non-hydrogen) atoms. The molecule has 0 fully saturated rings. The summed E-state index contributed by atoms with van der Waals surface area (Å²) in [6.07, 6.45) is 8.82. The molecular weight excluding hydrogens is 284 g/mol. The van der Waals surface area contributed by atoms with E-state index in [1.807, 2.05) is 30.6 Å². The molecule has 3 rings (SSSR count). The number of hydrogen-bond donors (Lipinski definition) is 2. The second-order valence-electron chi connectivity index (χ2n) is 5.50. The van der Waals surface area contributed by atoms with E-state index >= 15 is 0 Å². The lowest BCUT2D eigenvalue weighted by Gasteiger charge is -2.16. The average molecular weight is 304 g/mol. The summed E-state index contributed by atoms with van der Waals surface area (Å²) in [6, 6.07) is 7.48. The van der Waals surface area contributed by atoms with E-state index in [1.165, 1.54) is 17.5 Å². The first kappa shape index (κ1) is 14.4. The predicted octanol–water partition coefficient (Wildman–Crippen LogP) is 2.41. The van der Waals surface area contributed by atoms with Gasteiger partial charge >= 0.3 is 0 Å². The van der Waals surface area contributed by atoms with E-state index < -0.39 is 10.0 Å². The molecule has 112 valence electrons. The molecule has 2 aromatic rings. The van der Waals surface area contributed by atoms with Crippen molar-refractivity contribution in [1.29, 1.82) is 0 Å². The minimum Gasteiger partial charge on any atom is -0.367 e. The third-order valence-corrected chi connectivity index (χ3v) is 5.46. The van der Waals surface area contributed by atoms with Crippen LogP contribution in [-0.4, -0.2) is 19.9 Å². The Morgan fingerprint density at radius 3 is 2.67 bits per heavy atom. The largest absolute Gasteiger partial charge is 0.367 e. The number of H-pyrrole nitrogens is 1. The summed E-state index contributed by atoms with van der Waals surface area (Å²) < 4.78 is 27.3. The Kier molecular flexibility index (Phi) is 4.12. The lowest BCUT2D eigenvalue weighted by molar-refractivity contribution is 0.581. The summed E-state index contributed by atoms with van der Waals surface area (Å²) in [5.74, 6) is 0. The number of hydrogen-bond acceptors (Lipinski definition) is 2. The molecule has 5 heteroatoms. The first-order valence-corrected chi connectivity index (χ1v) is 8.87. The van der Waals surface area contributed by atoms with Crippen LogP contribution in [0.25, 0.3) is 0 Å². The van der Waals surface area contributed by atoms with Crippen molar-refractivity contribution in [3.05, 3.63) is 53.3 Å². The van der Waals surface area contributed by atoms with Crippen molar-refractivity contribution in [2.75, 3.05) is 6.54 Å². The maximum Gasteiger partial charge on any atom is 0.240 e. The van der Waals surface area contributed by atoms with Crippen LogP contribution in [0.2, 0.25) is 0 Å². The Labute approximate surface area is 125 Å². The molecule has 0 atom stereocenters. The summed E-state index contributed by atoms with van der Waals surface area (Å²) in [5, 5.41) is 0. The summed E-state index contributed by atoms with van der Waals surface area (Å²) in [6.45, 7) is 0.414. The van der Waals surface area contributed by atoms with Gasteiger partial charge in [-0.1, -0.05) is 6.07 Å². The van der Waals surface area contributed by atoms with E-state index in [0.717, 1.165) is 24.8 Å². The standard InChI is InChI=1S/C16H20N2O2S/c19-21(20,18-10-8-13-7-9-17-12-13)16-6-5-14-3-1-2-4-15(14)11-16/h5-7,9,11-12,17-18H,1-4,8,10H2. The number of aromatic amines is 1. The van der Waals surface area contributed by atoms with Gasteiger partial charge in [0.15, 0.2) is 0 Å². The minimum atomic E-state index is -3.41. The Balaban J connectivity index is 1.69. The van der Waals surface area contributed by atoms with Crippen LogP contribution < -0.4 is 4.72 Å². The smallest absolute Gasteiger partial charge is 0.240 e. The van der Waals surface area contributed by atoms with Crippen molar-refractivity contribution in [2.45, 2.75) is 37.0 Å². The normalized spacial score (nSPS) is 14.9. The van der Waals surface area contributed by atoms with Crippen LogP contribution >= 0.6 is 0 Å². The van der Waals surface area contributed by atoms with Crippen molar-refractivity contribution in [3.8, 4) is 0 Å². The average Bonchev–Trinajstić information content (AvgIpc) is 3.00. The molecule has 0 saturated heterocycles. The Morgan fingerprint density at radius 1 is 1.10 bits per heavy atom. The highest BCUT2D eigenvalue weighted by atomic mass is 32.2. The highest BCUT2D eigenvalue weighted by Gasteiger charge is 2.17. The maximum atomic E-state index is 12.3. The first-order chi connectivity index (χ1) is 10.1. The molecule has 0 unspecified atom stereocenters. The Morgan fingerprint density at radius 2 is 1.90 bits per heavy atom. The monoisotopic (exact) mass is 304 g/mol. The van der Waals surface area contributed by atoms with Gasteiger partial charge in [-0.15, -0.1) is 0 Å². The summed E-state index contributed by atoms with van der Waals surface area (Å²) in [5.41, 5.74) is 3.59. The first-order valence-electron chi connectivity index (χ1n) is 7.38. The lowest BCUT2D eigenvalue weighted by Crippen LogP contribution is -2.26. The molecule has 1 aliphatic rings. The number of rotatable bonds is 5. The zero-order valence-electron chi connectivity index (χ0n) is 11.9. The van der Waals surface area contributed by atoms with Gasteiger partial charge < -0.3 is 4.98 Å². The van der Waals surface area contributed by atoms with Gasteiger partial charge in [0, 0.05) is 18.9 Å². The topological polar surface area (TPSA) is 62.0 Å². The van der Waals surface area contributed by atoms with Gasteiger partial charge in [0.2, 0.25) is 10.0 Å². The van der Waals surface area contributed by atoms with Crippen LogP contribution in [0.4, 0.5) is 0 Å². The van der Waals surface area contributed by atoms with Crippen molar-refractivity contribution >= 4 is 10.0 Å². The zero-order chi connectivity index (χ0) is 14.7. The maximum absolute atomic E-state index is 12.3. The van der Waals surface area contributed by atoms with Gasteiger partial charge in [-0.25, -0.2) is 13.1 Å². The van der Waals surface area contributed by atoms with E-state index in [-0.39, 0.29) is 0 Å². The highest BCUT2D eigenvalue weighted by Crippen LogP contribution is 2.23. The zero-order valence-corrected chi connectivity index (χ0v) is 12.7. The molecule has 2 N–H and O–H groups in total. The van der Waals surface area contributed by atoms with Crippen LogP contribution in [0.3, 0.4) is 0 Å². The lowest BCUT2D eigenvalue weighted by atomic mass is 9.92. The van der Waals surface area contributed by atoms with Crippen LogP contribution in [0.5, 0.6) is 0 Å². The molecule has 0 amide bonds. The molecule has 1 aromatic heterocycles. The van der Waals surface area contributed by atoms with Gasteiger partial charge in [0.05, 0.1) is 4.90 Å². The quantitative estimate of drug-likeness (QED) is 0.891. The van der Waals surface area contributed by atoms with Gasteiger partial charge in [0.1, 0.15) is 0 Å². The van der Waals surface area contributed by atoms with Crippen LogP contribution in [-0.2, 0) is 29.3 Å². The summed E-state index contributed by atoms with van der Waals surface area (Å²) in [7, 11) is -3.41. The van der Waals surface area contributed by atoms with E-state index in [2.05, 4.69) is 9.71 Å². The molecule has 0 aliphatic heterocycles. The summed E-state index contributed by atoms with van der Waals surface area (Å²) >= 11 is 0. The minimum absolute atomic E-state index is 0.386. The molecule has 0 spiro atoms. The molecule has 1 aromatic carbocycles. The fourth-order valence-electron chi connectivity index (χ4n) is 2.80. The van der Waals surface area contributed by atoms with Crippen molar-refractivity contribution in [2.24, 2.45) is 0 Å². The molecular formula is C16H20N2O2S. The van der Waals surface area contributed by atoms with Crippen LogP contribution in [0, 0.1) is 0 Å². The molecule has 0 radical (unpaired) electrons. The third-order valence-electron chi connectivity index (χ3n) is 4.00. The SMILES string of the molecule is O=S(=O)(NCCc1cc[nH]c1)c1ccc2c(c1)CCCC2. The van der Waals surface area contributed by atoms with Gasteiger partial charge in [-0.05, 0) is 67.0 Å². The molecule has 0 bridgehead atoms. The fraction of sp³-hybridized carbons (Fsp3) is 0.375. The highest BCUT2D eigenvalue weighted by molar-refractivity contribution is 7.89. The van der Waals surface area contributed by atoms with E-state index in [1.54, 1.807) is 6.07 Å². The predicted molar refractivity (Wildman–Crippen MR) is 82.8 cm³/mol. The molecule has 1 aliphatic carbocycles. The number of nitrogens with one attached hydrogen (secondary N) is 2. The summed E-state index contributed by atoms with van der Waals surface area (Å²) in [4.78, 5) is 3.35. The second kappa shape index (κ2) is 6.03. The van der Waals surface area contributed by atoms with E-state index in [4.69, 9.17) is 0 Å². The third kappa shape index (κ3) is 3.36. The number of sulfonamides is 1. The molecule has 4 nitrogen and oxygen atoms in total. The van der Waals surface area contributed by atoms with Gasteiger partial charge in [-0.3, -0.25) is 0 Å². The number of aryl methyl sites for hydroxylation is 2. The number of fused-ring (bicyclic) bond motifs is 1. The van der Waals surface area contributed by atoms with Crippen molar-refractivity contribution in [3.63, 3.8) is 0 Å². The molecule has 0 saturated carbocycles. The fourth-order valence-corrected chi connectivity index (χ4v) is 3.89. The van der Waals surface area contributed by atoms with E-state index in [0.29, 0.717) is 17.9 Å². The Bertz CT molecular complexity index is 706. The van der Waals surface area contributed by atoms with Gasteiger partial charge in [0.25, 0.3) is 0 Å². The molecule has 1 heterocycles. The second-order valence-corrected chi connectivity index (χ2v) is 7.27. The van der Waals surface area contributed by atoms with Crippen molar-refractivity contribution in [1.82, 2.24) is 9.71 Å². The van der Waals surface area contributed by atoms with Crippen molar-refractivity contribution < 1.29 is 8.42 Å². The number of aromatic nitrogens is 1. The Hall–Kier alpha value is -1.59.